The molecule has 0 aliphatic rings. The first-order chi connectivity index (χ1) is 6.93. The first-order valence-corrected chi connectivity index (χ1v) is 6.25. The van der Waals surface area contributed by atoms with Crippen LogP contribution in [0.1, 0.15) is 12.8 Å². The van der Waals surface area contributed by atoms with Crippen molar-refractivity contribution in [2.75, 3.05) is 6.26 Å². The van der Waals surface area contributed by atoms with Crippen LogP contribution in [0.4, 0.5) is 13.2 Å². The van der Waals surface area contributed by atoms with Crippen LogP contribution in [0.15, 0.2) is 9.64 Å². The zero-order valence-electron chi connectivity index (χ0n) is 8.04. The molecule has 0 N–H and O–H groups in total. The summed E-state index contributed by atoms with van der Waals surface area (Å²) in [6.07, 6.45) is -2.41. The summed E-state index contributed by atoms with van der Waals surface area (Å²) in [6, 6.07) is 0. The lowest BCUT2D eigenvalue weighted by molar-refractivity contribution is -0.125. The Morgan fingerprint density at radius 1 is 1.40 bits per heavy atom. The topological polar surface area (TPSA) is 38.9 Å². The lowest BCUT2D eigenvalue weighted by atomic mass is 10.5. The molecule has 86 valence electrons. The highest BCUT2D eigenvalue weighted by atomic mass is 32.2. The van der Waals surface area contributed by atoms with Crippen molar-refractivity contribution in [3.63, 3.8) is 0 Å². The molecule has 0 fully saturated rings. The molecule has 0 spiro atoms. The van der Waals surface area contributed by atoms with E-state index in [1.54, 1.807) is 0 Å². The molecule has 0 amide bonds. The van der Waals surface area contributed by atoms with Gasteiger partial charge in [-0.3, -0.25) is 0 Å². The second-order valence-corrected chi connectivity index (χ2v) is 4.85. The summed E-state index contributed by atoms with van der Waals surface area (Å²) in [5, 5.41) is 5.56. The lowest BCUT2D eigenvalue weighted by Crippen LogP contribution is -2.21. The van der Waals surface area contributed by atoms with Gasteiger partial charge in [-0.05, 0) is 13.2 Å². The minimum absolute atomic E-state index is 0.0381. The monoisotopic (exact) mass is 258 g/mol. The van der Waals surface area contributed by atoms with E-state index in [9.17, 15) is 13.2 Å². The molecule has 0 aliphatic heterocycles. The molecular weight excluding hydrogens is 249 g/mol. The number of thioether (sulfide) groups is 2. The Bertz CT molecular complexity index is 315. The molecule has 1 rings (SSSR count). The third kappa shape index (κ3) is 3.94. The maximum absolute atomic E-state index is 12.2. The van der Waals surface area contributed by atoms with Crippen LogP contribution in [-0.2, 0) is 5.75 Å². The first-order valence-electron chi connectivity index (χ1n) is 3.98. The van der Waals surface area contributed by atoms with Gasteiger partial charge in [-0.2, -0.15) is 24.9 Å². The number of hydrogen-bond donors (Lipinski definition) is 0. The van der Waals surface area contributed by atoms with E-state index in [0.717, 1.165) is 6.92 Å². The average molecular weight is 258 g/mol. The second kappa shape index (κ2) is 5.11. The van der Waals surface area contributed by atoms with Crippen LogP contribution in [0.3, 0.4) is 0 Å². The van der Waals surface area contributed by atoms with Crippen LogP contribution in [0, 0.1) is 0 Å². The zero-order valence-corrected chi connectivity index (χ0v) is 9.67. The van der Waals surface area contributed by atoms with E-state index >= 15 is 0 Å². The second-order valence-electron chi connectivity index (χ2n) is 2.70. The van der Waals surface area contributed by atoms with Crippen molar-refractivity contribution in [2.24, 2.45) is 0 Å². The van der Waals surface area contributed by atoms with Crippen LogP contribution >= 0.6 is 23.5 Å². The molecule has 1 atom stereocenters. The third-order valence-electron chi connectivity index (χ3n) is 1.45. The summed E-state index contributed by atoms with van der Waals surface area (Å²) in [7, 11) is 0. The lowest BCUT2D eigenvalue weighted by Gasteiger charge is -2.11. The Morgan fingerprint density at radius 2 is 2.07 bits per heavy atom. The molecule has 0 radical (unpaired) electrons. The fourth-order valence-corrected chi connectivity index (χ4v) is 1.72. The van der Waals surface area contributed by atoms with Crippen LogP contribution in [-0.4, -0.2) is 27.9 Å². The molecule has 1 heterocycles. The van der Waals surface area contributed by atoms with Gasteiger partial charge in [-0.25, -0.2) is 0 Å². The van der Waals surface area contributed by atoms with Gasteiger partial charge in [0.05, 0.1) is 5.75 Å². The molecule has 0 aromatic carbocycles. The predicted octanol–water partition coefficient (Wildman–Crippen LogP) is 2.98. The van der Waals surface area contributed by atoms with Crippen molar-refractivity contribution in [3.8, 4) is 0 Å². The van der Waals surface area contributed by atoms with Crippen molar-refractivity contribution < 1.29 is 17.6 Å². The average Bonchev–Trinajstić information content (AvgIpc) is 2.51. The molecule has 0 bridgehead atoms. The molecule has 1 aromatic rings. The Balaban J connectivity index is 2.57. The van der Waals surface area contributed by atoms with Gasteiger partial charge in [0.15, 0.2) is 0 Å². The van der Waals surface area contributed by atoms with Crippen LogP contribution < -0.4 is 0 Å². The summed E-state index contributed by atoms with van der Waals surface area (Å²) < 4.78 is 41.5. The van der Waals surface area contributed by atoms with E-state index in [1.807, 2.05) is 6.26 Å². The Labute approximate surface area is 93.2 Å². The van der Waals surface area contributed by atoms with Gasteiger partial charge in [-0.15, -0.1) is 10.2 Å². The van der Waals surface area contributed by atoms with Gasteiger partial charge in [0.1, 0.15) is 5.25 Å². The molecule has 0 unspecified atom stereocenters. The normalized spacial score (nSPS) is 14.2. The molecule has 15 heavy (non-hydrogen) atoms. The number of hydrogen-bond acceptors (Lipinski definition) is 5. The number of alkyl halides is 3. The van der Waals surface area contributed by atoms with E-state index in [-0.39, 0.29) is 5.22 Å². The Kier molecular flexibility index (Phi) is 4.32. The largest absolute Gasteiger partial charge is 0.415 e. The van der Waals surface area contributed by atoms with Crippen LogP contribution in [0.5, 0.6) is 0 Å². The summed E-state index contributed by atoms with van der Waals surface area (Å²) >= 11 is 1.99. The zero-order chi connectivity index (χ0) is 11.5. The maximum atomic E-state index is 12.2. The molecule has 8 heteroatoms. The standard InChI is InChI=1S/C7H9F3N2OS2/c1-4(7(8,9)10)15-6-12-11-5(13-6)3-14-2/h4H,3H2,1-2H3/t4-/m1/s1. The molecule has 0 aliphatic carbocycles. The summed E-state index contributed by atoms with van der Waals surface area (Å²) in [5.41, 5.74) is 0. The molecule has 0 saturated carbocycles. The van der Waals surface area contributed by atoms with Gasteiger partial charge < -0.3 is 4.42 Å². The van der Waals surface area contributed by atoms with E-state index < -0.39 is 11.4 Å². The third-order valence-corrected chi connectivity index (χ3v) is 2.98. The smallest absolute Gasteiger partial charge is 0.400 e. The van der Waals surface area contributed by atoms with E-state index in [4.69, 9.17) is 4.42 Å². The molecule has 1 aromatic heterocycles. The number of nitrogens with zero attached hydrogens (tertiary/aromatic N) is 2. The maximum Gasteiger partial charge on any atom is 0.400 e. The summed E-state index contributed by atoms with van der Waals surface area (Å²) in [5.74, 6) is 0.855. The first kappa shape index (κ1) is 12.7. The Morgan fingerprint density at radius 3 is 2.60 bits per heavy atom. The van der Waals surface area contributed by atoms with E-state index in [2.05, 4.69) is 10.2 Å². The van der Waals surface area contributed by atoms with Gasteiger partial charge >= 0.3 is 6.18 Å². The summed E-state index contributed by atoms with van der Waals surface area (Å²) in [4.78, 5) is 0. The van der Waals surface area contributed by atoms with Gasteiger partial charge in [0, 0.05) is 0 Å². The minimum Gasteiger partial charge on any atom is -0.415 e. The molecular formula is C7H9F3N2OS2. The highest BCUT2D eigenvalue weighted by Crippen LogP contribution is 2.34. The molecule has 3 nitrogen and oxygen atoms in total. The van der Waals surface area contributed by atoms with Gasteiger partial charge in [0.2, 0.25) is 5.89 Å². The molecule has 0 saturated heterocycles. The van der Waals surface area contributed by atoms with Crippen molar-refractivity contribution in [3.05, 3.63) is 5.89 Å². The fraction of sp³-hybridized carbons (Fsp3) is 0.714. The van der Waals surface area contributed by atoms with Crippen LogP contribution in [0.2, 0.25) is 0 Å². The number of rotatable bonds is 4. The minimum atomic E-state index is -4.25. The summed E-state index contributed by atoms with van der Waals surface area (Å²) in [6.45, 7) is 1.06. The highest BCUT2D eigenvalue weighted by Gasteiger charge is 2.37. The van der Waals surface area contributed by atoms with Crippen molar-refractivity contribution in [1.82, 2.24) is 10.2 Å². The van der Waals surface area contributed by atoms with E-state index in [0.29, 0.717) is 23.4 Å². The predicted molar refractivity (Wildman–Crippen MR) is 52.9 cm³/mol. The highest BCUT2D eigenvalue weighted by molar-refractivity contribution is 7.99. The van der Waals surface area contributed by atoms with E-state index in [1.165, 1.54) is 11.8 Å². The number of aromatic nitrogens is 2. The fourth-order valence-electron chi connectivity index (χ4n) is 0.686. The quantitative estimate of drug-likeness (QED) is 0.776. The van der Waals surface area contributed by atoms with Crippen molar-refractivity contribution in [2.45, 2.75) is 29.3 Å². The number of halogens is 3. The van der Waals surface area contributed by atoms with Crippen LogP contribution in [0.25, 0.3) is 0 Å². The van der Waals surface area contributed by atoms with Crippen molar-refractivity contribution >= 4 is 23.5 Å². The Hall–Kier alpha value is -0.370. The SMILES string of the molecule is CSCc1nnc(S[C@H](C)C(F)(F)F)o1. The van der Waals surface area contributed by atoms with Gasteiger partial charge in [0.25, 0.3) is 5.22 Å². The van der Waals surface area contributed by atoms with Gasteiger partial charge in [-0.1, -0.05) is 11.8 Å². The van der Waals surface area contributed by atoms with Crippen molar-refractivity contribution in [1.29, 1.82) is 0 Å².